The highest BCUT2D eigenvalue weighted by Gasteiger charge is 2.38. The molecule has 0 radical (unpaired) electrons. The summed E-state index contributed by atoms with van der Waals surface area (Å²) in [5, 5.41) is 0. The molecular formula is C18H17NO3. The lowest BCUT2D eigenvalue weighted by Gasteiger charge is -2.17. The number of anilines is 1. The molecule has 3 rings (SSSR count). The lowest BCUT2D eigenvalue weighted by atomic mass is 9.93. The quantitative estimate of drug-likeness (QED) is 0.815. The van der Waals surface area contributed by atoms with E-state index in [2.05, 4.69) is 0 Å². The number of rotatable bonds is 4. The van der Waals surface area contributed by atoms with Crippen LogP contribution in [0.2, 0.25) is 0 Å². The number of amides is 1. The average molecular weight is 295 g/mol. The maximum absolute atomic E-state index is 12.8. The highest BCUT2D eigenvalue weighted by molar-refractivity contribution is 6.09. The van der Waals surface area contributed by atoms with E-state index in [0.29, 0.717) is 6.61 Å². The first-order valence-electron chi connectivity index (χ1n) is 7.33. The summed E-state index contributed by atoms with van der Waals surface area (Å²) >= 11 is 0. The molecule has 22 heavy (non-hydrogen) atoms. The number of nitrogens with zero attached hydrogens (tertiary/aromatic N) is 1. The van der Waals surface area contributed by atoms with Crippen molar-refractivity contribution in [3.63, 3.8) is 0 Å². The molecule has 0 saturated heterocycles. The number of benzene rings is 2. The van der Waals surface area contributed by atoms with Crippen molar-refractivity contribution in [1.82, 2.24) is 0 Å². The van der Waals surface area contributed by atoms with Crippen LogP contribution in [0.15, 0.2) is 54.6 Å². The Kier molecular flexibility index (Phi) is 3.92. The first-order valence-corrected chi connectivity index (χ1v) is 7.33. The molecule has 112 valence electrons. The van der Waals surface area contributed by atoms with Crippen LogP contribution in [0.1, 0.15) is 24.0 Å². The molecule has 2 aromatic carbocycles. The number of para-hydroxylation sites is 1. The number of esters is 1. The fourth-order valence-corrected chi connectivity index (χ4v) is 2.85. The molecule has 0 fully saturated rings. The second-order valence-corrected chi connectivity index (χ2v) is 5.13. The van der Waals surface area contributed by atoms with Gasteiger partial charge >= 0.3 is 5.97 Å². The van der Waals surface area contributed by atoms with Gasteiger partial charge in [-0.05, 0) is 24.1 Å². The van der Waals surface area contributed by atoms with Gasteiger partial charge < -0.3 is 9.64 Å². The van der Waals surface area contributed by atoms with Gasteiger partial charge in [-0.25, -0.2) is 0 Å². The van der Waals surface area contributed by atoms with Crippen molar-refractivity contribution in [2.45, 2.75) is 12.8 Å². The molecule has 0 N–H and O–H groups in total. The van der Waals surface area contributed by atoms with Gasteiger partial charge in [-0.1, -0.05) is 48.5 Å². The van der Waals surface area contributed by atoms with Crippen molar-refractivity contribution in [3.8, 4) is 0 Å². The molecule has 1 aliphatic heterocycles. The molecule has 4 heteroatoms. The minimum absolute atomic E-state index is 0.0486. The number of hydrogen-bond donors (Lipinski definition) is 0. The van der Waals surface area contributed by atoms with Crippen LogP contribution in [-0.2, 0) is 14.3 Å². The Balaban J connectivity index is 1.98. The van der Waals surface area contributed by atoms with Gasteiger partial charge in [-0.2, -0.15) is 0 Å². The summed E-state index contributed by atoms with van der Waals surface area (Å²) in [6, 6.07) is 17.2. The van der Waals surface area contributed by atoms with Gasteiger partial charge in [0.05, 0.1) is 12.5 Å². The molecule has 0 spiro atoms. The summed E-state index contributed by atoms with van der Waals surface area (Å²) in [4.78, 5) is 26.1. The molecule has 1 aliphatic rings. The van der Waals surface area contributed by atoms with Crippen molar-refractivity contribution in [1.29, 1.82) is 0 Å². The largest absolute Gasteiger partial charge is 0.465 e. The number of carbonyl (C=O) groups is 2. The van der Waals surface area contributed by atoms with Crippen molar-refractivity contribution >= 4 is 17.6 Å². The van der Waals surface area contributed by atoms with E-state index in [1.165, 1.54) is 4.90 Å². The standard InChI is InChI=1S/C18H17NO3/c1-2-22-16(20)12-19-15-11-7-6-10-14(15)17(18(19)21)13-8-4-3-5-9-13/h3-11,17H,2,12H2,1H3. The smallest absolute Gasteiger partial charge is 0.326 e. The fourth-order valence-electron chi connectivity index (χ4n) is 2.85. The molecule has 0 bridgehead atoms. The molecule has 0 aromatic heterocycles. The zero-order valence-corrected chi connectivity index (χ0v) is 12.4. The molecule has 1 heterocycles. The van der Waals surface area contributed by atoms with Crippen LogP contribution >= 0.6 is 0 Å². The second-order valence-electron chi connectivity index (χ2n) is 5.13. The molecule has 1 atom stereocenters. The first kappa shape index (κ1) is 14.3. The van der Waals surface area contributed by atoms with Crippen molar-refractivity contribution in [3.05, 3.63) is 65.7 Å². The van der Waals surface area contributed by atoms with Gasteiger partial charge in [0.1, 0.15) is 6.54 Å². The zero-order valence-electron chi connectivity index (χ0n) is 12.4. The molecule has 4 nitrogen and oxygen atoms in total. The Morgan fingerprint density at radius 1 is 1.09 bits per heavy atom. The van der Waals surface area contributed by atoms with Crippen LogP contribution in [0.25, 0.3) is 0 Å². The van der Waals surface area contributed by atoms with E-state index in [-0.39, 0.29) is 24.3 Å². The Hall–Kier alpha value is -2.62. The fraction of sp³-hybridized carbons (Fsp3) is 0.222. The van der Waals surface area contributed by atoms with Crippen LogP contribution in [-0.4, -0.2) is 25.0 Å². The van der Waals surface area contributed by atoms with Crippen LogP contribution in [0, 0.1) is 0 Å². The number of fused-ring (bicyclic) bond motifs is 1. The van der Waals surface area contributed by atoms with Crippen molar-refractivity contribution in [2.75, 3.05) is 18.1 Å². The van der Waals surface area contributed by atoms with Crippen LogP contribution < -0.4 is 4.90 Å². The number of carbonyl (C=O) groups excluding carboxylic acids is 2. The Morgan fingerprint density at radius 2 is 1.77 bits per heavy atom. The Labute approximate surface area is 129 Å². The zero-order chi connectivity index (χ0) is 15.5. The number of ether oxygens (including phenoxy) is 1. The third-order valence-corrected chi connectivity index (χ3v) is 3.78. The minimum atomic E-state index is -0.389. The summed E-state index contributed by atoms with van der Waals surface area (Å²) < 4.78 is 4.98. The topological polar surface area (TPSA) is 46.6 Å². The van der Waals surface area contributed by atoms with Gasteiger partial charge in [0.15, 0.2) is 0 Å². The van der Waals surface area contributed by atoms with Gasteiger partial charge in [0, 0.05) is 5.69 Å². The van der Waals surface area contributed by atoms with Gasteiger partial charge in [0.2, 0.25) is 5.91 Å². The summed E-state index contributed by atoms with van der Waals surface area (Å²) in [6.45, 7) is 2.02. The van der Waals surface area contributed by atoms with E-state index >= 15 is 0 Å². The average Bonchev–Trinajstić information content (AvgIpc) is 2.81. The van der Waals surface area contributed by atoms with E-state index in [4.69, 9.17) is 4.74 Å². The van der Waals surface area contributed by atoms with Crippen LogP contribution in [0.4, 0.5) is 5.69 Å². The third kappa shape index (κ3) is 2.48. The molecule has 1 amide bonds. The maximum atomic E-state index is 12.8. The van der Waals surface area contributed by atoms with E-state index < -0.39 is 0 Å². The second kappa shape index (κ2) is 6.02. The Morgan fingerprint density at radius 3 is 2.50 bits per heavy atom. The van der Waals surface area contributed by atoms with E-state index in [1.54, 1.807) is 6.92 Å². The van der Waals surface area contributed by atoms with Crippen molar-refractivity contribution in [2.24, 2.45) is 0 Å². The summed E-state index contributed by atoms with van der Waals surface area (Å²) in [5.41, 5.74) is 2.66. The lowest BCUT2D eigenvalue weighted by molar-refractivity contribution is -0.142. The van der Waals surface area contributed by atoms with Crippen LogP contribution in [0.3, 0.4) is 0 Å². The van der Waals surface area contributed by atoms with Gasteiger partial charge in [-0.3, -0.25) is 9.59 Å². The predicted molar refractivity (Wildman–Crippen MR) is 83.7 cm³/mol. The molecular weight excluding hydrogens is 278 g/mol. The number of hydrogen-bond acceptors (Lipinski definition) is 3. The maximum Gasteiger partial charge on any atom is 0.326 e. The van der Waals surface area contributed by atoms with Gasteiger partial charge in [0.25, 0.3) is 0 Å². The highest BCUT2D eigenvalue weighted by Crippen LogP contribution is 2.40. The first-order chi connectivity index (χ1) is 10.7. The summed E-state index contributed by atoms with van der Waals surface area (Å²) in [5.74, 6) is -0.827. The van der Waals surface area contributed by atoms with E-state index in [1.807, 2.05) is 54.6 Å². The third-order valence-electron chi connectivity index (χ3n) is 3.78. The minimum Gasteiger partial charge on any atom is -0.465 e. The monoisotopic (exact) mass is 295 g/mol. The summed E-state index contributed by atoms with van der Waals surface area (Å²) in [6.07, 6.45) is 0. The normalized spacial score (nSPS) is 16.5. The van der Waals surface area contributed by atoms with E-state index in [9.17, 15) is 9.59 Å². The van der Waals surface area contributed by atoms with Crippen LogP contribution in [0.5, 0.6) is 0 Å². The molecule has 0 aliphatic carbocycles. The Bertz CT molecular complexity index is 696. The van der Waals surface area contributed by atoms with Crippen molar-refractivity contribution < 1.29 is 14.3 Å². The molecule has 0 saturated carbocycles. The lowest BCUT2D eigenvalue weighted by Crippen LogP contribution is -2.35. The summed E-state index contributed by atoms with van der Waals surface area (Å²) in [7, 11) is 0. The van der Waals surface area contributed by atoms with Gasteiger partial charge in [-0.15, -0.1) is 0 Å². The predicted octanol–water partition coefficient (Wildman–Crippen LogP) is 2.73. The molecule has 1 unspecified atom stereocenters. The molecule has 2 aromatic rings. The SMILES string of the molecule is CCOC(=O)CN1C(=O)C(c2ccccc2)c2ccccc21. The highest BCUT2D eigenvalue weighted by atomic mass is 16.5. The van der Waals surface area contributed by atoms with E-state index in [0.717, 1.165) is 16.8 Å².